The summed E-state index contributed by atoms with van der Waals surface area (Å²) >= 11 is 6.74. The van der Waals surface area contributed by atoms with E-state index in [2.05, 4.69) is 42.8 Å². The number of benzene rings is 1. The Morgan fingerprint density at radius 1 is 1.25 bits per heavy atom. The molecule has 170 valence electrons. The number of nitrogens with zero attached hydrogens (tertiary/aromatic N) is 2. The number of hydrogen-bond donors (Lipinski definition) is 0. The normalized spacial score (nSPS) is 19.4. The van der Waals surface area contributed by atoms with Crippen LogP contribution in [0.5, 0.6) is 0 Å². The number of aromatic nitrogens is 1. The number of anilines is 1. The summed E-state index contributed by atoms with van der Waals surface area (Å²) in [5, 5.41) is 0. The van der Waals surface area contributed by atoms with Gasteiger partial charge in [0.05, 0.1) is 12.0 Å². The molecule has 0 saturated carbocycles. The highest BCUT2D eigenvalue weighted by atomic mass is 32.2. The average Bonchev–Trinajstić information content (AvgIpc) is 3.22. The number of fused-ring (bicyclic) bond motifs is 3. The first-order valence-corrected chi connectivity index (χ1v) is 16.0. The molecule has 32 heavy (non-hydrogen) atoms. The van der Waals surface area contributed by atoms with Crippen molar-refractivity contribution in [3.05, 3.63) is 53.2 Å². The van der Waals surface area contributed by atoms with Crippen molar-refractivity contribution in [3.8, 4) is 0 Å². The monoisotopic (exact) mass is 486 g/mol. The minimum Gasteiger partial charge on any atom is -0.479 e. The highest BCUT2D eigenvalue weighted by Gasteiger charge is 2.54. The van der Waals surface area contributed by atoms with Gasteiger partial charge in [0, 0.05) is 31.3 Å². The topological polar surface area (TPSA) is 51.7 Å². The quantitative estimate of drug-likeness (QED) is 0.232. The lowest BCUT2D eigenvalue weighted by Gasteiger charge is -2.23. The molecule has 1 spiro atoms. The molecule has 2 aliphatic rings. The van der Waals surface area contributed by atoms with Gasteiger partial charge in [-0.1, -0.05) is 31.8 Å². The fourth-order valence-corrected chi connectivity index (χ4v) is 6.28. The van der Waals surface area contributed by atoms with Crippen molar-refractivity contribution in [2.24, 2.45) is 0 Å². The van der Waals surface area contributed by atoms with Gasteiger partial charge in [-0.15, -0.1) is 0 Å². The molecule has 0 bridgehead atoms. The van der Waals surface area contributed by atoms with E-state index in [1.54, 1.807) is 11.1 Å². The van der Waals surface area contributed by atoms with E-state index in [-0.39, 0.29) is 12.6 Å². The van der Waals surface area contributed by atoms with Gasteiger partial charge in [0.2, 0.25) is 10.3 Å². The zero-order valence-electron chi connectivity index (χ0n) is 19.1. The van der Waals surface area contributed by atoms with E-state index in [1.807, 2.05) is 19.1 Å². The highest BCUT2D eigenvalue weighted by Crippen LogP contribution is 2.49. The highest BCUT2D eigenvalue weighted by molar-refractivity contribution is 8.22. The first kappa shape index (κ1) is 23.4. The van der Waals surface area contributed by atoms with Crippen molar-refractivity contribution in [3.63, 3.8) is 0 Å². The predicted molar refractivity (Wildman–Crippen MR) is 136 cm³/mol. The van der Waals surface area contributed by atoms with Crippen molar-refractivity contribution < 1.29 is 14.3 Å². The Labute approximate surface area is 200 Å². The third kappa shape index (κ3) is 4.64. The van der Waals surface area contributed by atoms with Crippen molar-refractivity contribution in [2.75, 3.05) is 24.8 Å². The van der Waals surface area contributed by atoms with Crippen LogP contribution in [0.25, 0.3) is 0 Å². The van der Waals surface area contributed by atoms with Crippen LogP contribution in [0, 0.1) is 0 Å². The van der Waals surface area contributed by atoms with Crippen molar-refractivity contribution >= 4 is 48.2 Å². The van der Waals surface area contributed by atoms with Crippen molar-refractivity contribution in [1.82, 2.24) is 4.98 Å². The SMILES string of the molecule is CCOC(=S)Sc1ccc2c(c1)C[C@@]1(C2)C(=O)N(COCC[Si](C)(C)C)c2ncccc21. The van der Waals surface area contributed by atoms with Gasteiger partial charge in [-0.3, -0.25) is 9.69 Å². The van der Waals surface area contributed by atoms with E-state index in [0.29, 0.717) is 30.4 Å². The minimum atomic E-state index is -1.18. The molecule has 0 fully saturated rings. The summed E-state index contributed by atoms with van der Waals surface area (Å²) in [6.45, 7) is 10.4. The first-order chi connectivity index (χ1) is 15.2. The van der Waals surface area contributed by atoms with Gasteiger partial charge in [0.1, 0.15) is 12.5 Å². The van der Waals surface area contributed by atoms with Gasteiger partial charge < -0.3 is 9.47 Å². The van der Waals surface area contributed by atoms with E-state index in [0.717, 1.165) is 22.3 Å². The number of ether oxygens (including phenoxy) is 2. The van der Waals surface area contributed by atoms with Gasteiger partial charge in [-0.2, -0.15) is 0 Å². The van der Waals surface area contributed by atoms with Crippen LogP contribution in [0.1, 0.15) is 23.6 Å². The van der Waals surface area contributed by atoms with E-state index < -0.39 is 13.5 Å². The largest absolute Gasteiger partial charge is 0.479 e. The maximum atomic E-state index is 13.8. The third-order valence-corrected chi connectivity index (χ3v) is 8.90. The van der Waals surface area contributed by atoms with Crippen LogP contribution in [-0.2, 0) is 32.5 Å². The van der Waals surface area contributed by atoms with Crippen LogP contribution in [0.3, 0.4) is 0 Å². The molecule has 0 saturated heterocycles. The summed E-state index contributed by atoms with van der Waals surface area (Å²) in [7, 11) is -1.18. The van der Waals surface area contributed by atoms with Gasteiger partial charge in [0.15, 0.2) is 0 Å². The number of amides is 1. The molecule has 0 N–H and O–H groups in total. The van der Waals surface area contributed by atoms with Gasteiger partial charge in [-0.25, -0.2) is 4.98 Å². The van der Waals surface area contributed by atoms with Gasteiger partial charge in [0.25, 0.3) is 0 Å². The molecule has 1 aromatic carbocycles. The van der Waals surface area contributed by atoms with Crippen LogP contribution in [0.4, 0.5) is 5.82 Å². The van der Waals surface area contributed by atoms with E-state index >= 15 is 0 Å². The molecule has 1 aliphatic heterocycles. The fourth-order valence-electron chi connectivity index (χ4n) is 4.41. The van der Waals surface area contributed by atoms with Gasteiger partial charge >= 0.3 is 0 Å². The second-order valence-electron chi connectivity index (χ2n) is 9.61. The molecule has 5 nitrogen and oxygen atoms in total. The summed E-state index contributed by atoms with van der Waals surface area (Å²) in [4.78, 5) is 21.1. The lowest BCUT2D eigenvalue weighted by Crippen LogP contribution is -2.42. The molecule has 2 aromatic rings. The summed E-state index contributed by atoms with van der Waals surface area (Å²) in [5.41, 5.74) is 2.81. The molecule has 0 unspecified atom stereocenters. The maximum absolute atomic E-state index is 13.8. The predicted octanol–water partition coefficient (Wildman–Crippen LogP) is 5.19. The summed E-state index contributed by atoms with van der Waals surface area (Å²) < 4.78 is 11.9. The average molecular weight is 487 g/mol. The summed E-state index contributed by atoms with van der Waals surface area (Å²) in [6, 6.07) is 11.4. The first-order valence-electron chi connectivity index (χ1n) is 11.1. The van der Waals surface area contributed by atoms with Crippen molar-refractivity contribution in [2.45, 2.75) is 55.8 Å². The Kier molecular flexibility index (Phi) is 6.77. The molecule has 1 aromatic heterocycles. The lowest BCUT2D eigenvalue weighted by molar-refractivity contribution is -0.124. The molecule has 8 heteroatoms. The Hall–Kier alpha value is -1.74. The van der Waals surface area contributed by atoms with Crippen molar-refractivity contribution in [1.29, 1.82) is 0 Å². The molecule has 1 aliphatic carbocycles. The smallest absolute Gasteiger partial charge is 0.241 e. The maximum Gasteiger partial charge on any atom is 0.241 e. The summed E-state index contributed by atoms with van der Waals surface area (Å²) in [6.07, 6.45) is 3.11. The van der Waals surface area contributed by atoms with Crippen LogP contribution in [0.15, 0.2) is 41.4 Å². The number of hydrogen-bond acceptors (Lipinski definition) is 6. The molecule has 1 atom stereocenters. The fraction of sp³-hybridized carbons (Fsp3) is 0.458. The lowest BCUT2D eigenvalue weighted by atomic mass is 9.79. The van der Waals surface area contributed by atoms with E-state index in [1.165, 1.54) is 22.9 Å². The molecular weight excluding hydrogens is 456 g/mol. The Morgan fingerprint density at radius 3 is 2.78 bits per heavy atom. The molecule has 4 rings (SSSR count). The Bertz CT molecular complexity index is 1040. The van der Waals surface area contributed by atoms with Crippen LogP contribution in [-0.4, -0.2) is 43.3 Å². The molecular formula is C24H30N2O3S2Si. The third-order valence-electron chi connectivity index (χ3n) is 6.05. The van der Waals surface area contributed by atoms with E-state index in [9.17, 15) is 4.79 Å². The number of carbonyl (C=O) groups is 1. The molecule has 1 amide bonds. The number of carbonyl (C=O) groups excluding carboxylic acids is 1. The number of thiocarbonyl (C=S) groups is 1. The van der Waals surface area contributed by atoms with Crippen LogP contribution in [0.2, 0.25) is 25.7 Å². The summed E-state index contributed by atoms with van der Waals surface area (Å²) in [5.74, 6) is 0.833. The number of rotatable bonds is 7. The number of thioether (sulfide) groups is 1. The molecule has 2 heterocycles. The Balaban J connectivity index is 1.55. The number of pyridine rings is 1. The minimum absolute atomic E-state index is 0.0921. The van der Waals surface area contributed by atoms with Gasteiger partial charge in [-0.05, 0) is 79.1 Å². The zero-order chi connectivity index (χ0) is 22.9. The van der Waals surface area contributed by atoms with Crippen LogP contribution < -0.4 is 4.90 Å². The second-order valence-corrected chi connectivity index (χ2v) is 16.9. The zero-order valence-corrected chi connectivity index (χ0v) is 21.8. The Morgan fingerprint density at radius 2 is 2.03 bits per heavy atom. The second kappa shape index (κ2) is 9.25. The molecule has 0 radical (unpaired) electrons. The standard InChI is InChI=1S/C24H30N2O3S2Si/c1-5-29-23(30)31-19-9-8-17-14-24(15-18(17)13-19)20-7-6-10-25-21(20)26(22(24)27)16-28-11-12-32(2,3)4/h6-10,13H,5,11-12,14-16H2,1-4H3/t24-/m1/s1. The van der Waals surface area contributed by atoms with Crippen LogP contribution >= 0.6 is 24.0 Å². The van der Waals surface area contributed by atoms with E-state index in [4.69, 9.17) is 21.7 Å².